The van der Waals surface area contributed by atoms with Gasteiger partial charge in [-0.3, -0.25) is 4.68 Å². The number of aryl methyl sites for hydroxylation is 1. The molecule has 2 aromatic rings. The maximum absolute atomic E-state index is 4.52. The summed E-state index contributed by atoms with van der Waals surface area (Å²) in [7, 11) is 2.07. The molecule has 3 nitrogen and oxygen atoms in total. The third kappa shape index (κ3) is 2.51. The van der Waals surface area contributed by atoms with Gasteiger partial charge in [0.2, 0.25) is 0 Å². The summed E-state index contributed by atoms with van der Waals surface area (Å²) in [6.07, 6.45) is 9.20. The van der Waals surface area contributed by atoms with Gasteiger partial charge in [-0.25, -0.2) is 0 Å². The molecule has 1 saturated carbocycles. The molecule has 0 spiro atoms. The van der Waals surface area contributed by atoms with Crippen LogP contribution >= 0.6 is 0 Å². The Balaban J connectivity index is 1.93. The van der Waals surface area contributed by atoms with Crippen molar-refractivity contribution in [2.45, 2.75) is 50.6 Å². The Kier molecular flexibility index (Phi) is 4.11. The summed E-state index contributed by atoms with van der Waals surface area (Å²) in [6, 6.07) is 11.3. The van der Waals surface area contributed by atoms with Crippen molar-refractivity contribution in [1.29, 1.82) is 0 Å². The van der Waals surface area contributed by atoms with Gasteiger partial charge in [-0.1, -0.05) is 43.7 Å². The van der Waals surface area contributed by atoms with Crippen molar-refractivity contribution in [3.63, 3.8) is 0 Å². The lowest BCUT2D eigenvalue weighted by molar-refractivity contribution is 0.175. The second-order valence-electron chi connectivity index (χ2n) is 6.13. The van der Waals surface area contributed by atoms with E-state index in [1.807, 2.05) is 6.20 Å². The highest BCUT2D eigenvalue weighted by molar-refractivity contribution is 5.34. The number of hydrogen-bond acceptors (Lipinski definition) is 2. The smallest absolute Gasteiger partial charge is 0.0537 e. The first-order valence-electron chi connectivity index (χ1n) is 8.05. The Labute approximate surface area is 127 Å². The van der Waals surface area contributed by atoms with Gasteiger partial charge in [0.15, 0.2) is 0 Å². The van der Waals surface area contributed by atoms with Gasteiger partial charge in [-0.2, -0.15) is 5.10 Å². The normalized spacial score (nSPS) is 18.2. The minimum Gasteiger partial charge on any atom is -0.312 e. The number of hydrogen-bond donors (Lipinski definition) is 1. The van der Waals surface area contributed by atoms with Crippen LogP contribution < -0.4 is 5.32 Å². The lowest BCUT2D eigenvalue weighted by atomic mass is 9.59. The third-order valence-corrected chi connectivity index (χ3v) is 4.88. The molecule has 1 aromatic heterocycles. The van der Waals surface area contributed by atoms with Crippen LogP contribution in [-0.4, -0.2) is 16.8 Å². The van der Waals surface area contributed by atoms with Crippen molar-refractivity contribution in [2.24, 2.45) is 0 Å². The lowest BCUT2D eigenvalue weighted by Crippen LogP contribution is -2.45. The zero-order valence-electron chi connectivity index (χ0n) is 13.0. The Morgan fingerprint density at radius 2 is 2.05 bits per heavy atom. The first kappa shape index (κ1) is 14.3. The molecule has 0 bridgehead atoms. The Morgan fingerprint density at radius 1 is 1.29 bits per heavy atom. The van der Waals surface area contributed by atoms with E-state index >= 15 is 0 Å². The number of aromatic nitrogens is 2. The van der Waals surface area contributed by atoms with Crippen LogP contribution in [0.1, 0.15) is 49.8 Å². The fourth-order valence-electron chi connectivity index (χ4n) is 3.71. The maximum Gasteiger partial charge on any atom is 0.0537 e. The highest BCUT2D eigenvalue weighted by atomic mass is 15.3. The van der Waals surface area contributed by atoms with E-state index < -0.39 is 0 Å². The highest BCUT2D eigenvalue weighted by Crippen LogP contribution is 2.51. The van der Waals surface area contributed by atoms with Crippen molar-refractivity contribution < 1.29 is 0 Å². The van der Waals surface area contributed by atoms with Crippen LogP contribution in [-0.2, 0) is 12.0 Å². The van der Waals surface area contributed by atoms with Gasteiger partial charge in [-0.05, 0) is 31.9 Å². The molecule has 1 aliphatic carbocycles. The van der Waals surface area contributed by atoms with Crippen molar-refractivity contribution in [1.82, 2.24) is 15.1 Å². The molecule has 1 aromatic carbocycles. The molecule has 1 unspecified atom stereocenters. The largest absolute Gasteiger partial charge is 0.312 e. The van der Waals surface area contributed by atoms with Crippen LogP contribution in [0.5, 0.6) is 0 Å². The van der Waals surface area contributed by atoms with E-state index in [9.17, 15) is 0 Å². The van der Waals surface area contributed by atoms with Crippen molar-refractivity contribution >= 4 is 0 Å². The van der Waals surface area contributed by atoms with Gasteiger partial charge in [0.1, 0.15) is 0 Å². The second kappa shape index (κ2) is 6.02. The lowest BCUT2D eigenvalue weighted by Gasteiger charge is -2.48. The summed E-state index contributed by atoms with van der Waals surface area (Å²) < 4.78 is 2.07. The number of likely N-dealkylation sites (N-methyl/N-ethyl adjacent to an activating group) is 1. The number of benzene rings is 1. The molecule has 112 valence electrons. The first-order valence-corrected chi connectivity index (χ1v) is 8.05. The summed E-state index contributed by atoms with van der Waals surface area (Å²) in [6.45, 7) is 3.18. The van der Waals surface area contributed by atoms with Crippen LogP contribution in [0.25, 0.3) is 0 Å². The molecule has 0 amide bonds. The van der Waals surface area contributed by atoms with Crippen molar-refractivity contribution in [3.8, 4) is 0 Å². The predicted octanol–water partition coefficient (Wildman–Crippen LogP) is 3.68. The molecule has 3 heteroatoms. The van der Waals surface area contributed by atoms with Crippen LogP contribution in [0, 0.1) is 0 Å². The number of nitrogens with zero attached hydrogens (tertiary/aromatic N) is 2. The van der Waals surface area contributed by atoms with Gasteiger partial charge >= 0.3 is 0 Å². The minimum absolute atomic E-state index is 0.232. The molecule has 0 radical (unpaired) electrons. The fraction of sp³-hybridized carbons (Fsp3) is 0.500. The Morgan fingerprint density at radius 3 is 2.62 bits per heavy atom. The van der Waals surface area contributed by atoms with Crippen LogP contribution in [0.4, 0.5) is 0 Å². The molecule has 1 atom stereocenters. The van der Waals surface area contributed by atoms with Gasteiger partial charge in [-0.15, -0.1) is 0 Å². The highest BCUT2D eigenvalue weighted by Gasteiger charge is 2.45. The van der Waals surface area contributed by atoms with Crippen molar-refractivity contribution in [2.75, 3.05) is 7.05 Å². The molecular formula is C18H25N3. The van der Waals surface area contributed by atoms with Gasteiger partial charge in [0.05, 0.1) is 6.20 Å². The van der Waals surface area contributed by atoms with Crippen LogP contribution in [0.3, 0.4) is 0 Å². The molecule has 1 heterocycles. The monoisotopic (exact) mass is 283 g/mol. The second-order valence-corrected chi connectivity index (χ2v) is 6.13. The van der Waals surface area contributed by atoms with Crippen molar-refractivity contribution in [3.05, 3.63) is 53.9 Å². The summed E-state index contributed by atoms with van der Waals surface area (Å²) in [5.41, 5.74) is 3.00. The minimum atomic E-state index is 0.232. The number of rotatable bonds is 6. The topological polar surface area (TPSA) is 29.9 Å². The third-order valence-electron chi connectivity index (χ3n) is 4.88. The number of nitrogens with one attached hydrogen (secondary N) is 1. The predicted molar refractivity (Wildman–Crippen MR) is 86.3 cm³/mol. The average Bonchev–Trinajstić information content (AvgIpc) is 2.92. The zero-order chi connectivity index (χ0) is 14.7. The SMILES string of the molecule is CCCn1cc(C(NC)C2(c3ccccc3)CCC2)cn1. The van der Waals surface area contributed by atoms with E-state index in [2.05, 4.69) is 65.6 Å². The van der Waals surface area contributed by atoms with E-state index in [-0.39, 0.29) is 5.41 Å². The first-order chi connectivity index (χ1) is 10.3. The van der Waals surface area contributed by atoms with Crippen LogP contribution in [0.2, 0.25) is 0 Å². The van der Waals surface area contributed by atoms with Gasteiger partial charge < -0.3 is 5.32 Å². The molecule has 0 aliphatic heterocycles. The average molecular weight is 283 g/mol. The molecule has 0 saturated heterocycles. The van der Waals surface area contributed by atoms with E-state index in [4.69, 9.17) is 0 Å². The summed E-state index contributed by atoms with van der Waals surface area (Å²) in [5.74, 6) is 0. The van der Waals surface area contributed by atoms with Gasteiger partial charge in [0, 0.05) is 29.8 Å². The van der Waals surface area contributed by atoms with E-state index in [1.165, 1.54) is 30.4 Å². The van der Waals surface area contributed by atoms with Crippen LogP contribution in [0.15, 0.2) is 42.7 Å². The molecule has 1 aliphatic rings. The van der Waals surface area contributed by atoms with E-state index in [1.54, 1.807) is 0 Å². The standard InChI is InChI=1S/C18H25N3/c1-3-12-21-14-15(13-20-21)17(19-2)18(10-7-11-18)16-8-5-4-6-9-16/h4-6,8-9,13-14,17,19H,3,7,10-12H2,1-2H3. The zero-order valence-corrected chi connectivity index (χ0v) is 13.0. The van der Waals surface area contributed by atoms with E-state index in [0.717, 1.165) is 13.0 Å². The summed E-state index contributed by atoms with van der Waals surface area (Å²) >= 11 is 0. The maximum atomic E-state index is 4.52. The molecule has 1 fully saturated rings. The quantitative estimate of drug-likeness (QED) is 0.876. The Hall–Kier alpha value is -1.61. The summed E-state index contributed by atoms with van der Waals surface area (Å²) in [5, 5.41) is 8.08. The molecule has 1 N–H and O–H groups in total. The fourth-order valence-corrected chi connectivity index (χ4v) is 3.71. The molecule has 3 rings (SSSR count). The van der Waals surface area contributed by atoms with E-state index in [0.29, 0.717) is 6.04 Å². The molecule has 21 heavy (non-hydrogen) atoms. The summed E-state index contributed by atoms with van der Waals surface area (Å²) in [4.78, 5) is 0. The Bertz CT molecular complexity index is 569. The molecular weight excluding hydrogens is 258 g/mol. The van der Waals surface area contributed by atoms with Gasteiger partial charge in [0.25, 0.3) is 0 Å².